The minimum absolute atomic E-state index is 0.0427. The van der Waals surface area contributed by atoms with Gasteiger partial charge in [-0.15, -0.1) is 0 Å². The third-order valence-corrected chi connectivity index (χ3v) is 2.25. The Morgan fingerprint density at radius 2 is 2.12 bits per heavy atom. The fourth-order valence-electron chi connectivity index (χ4n) is 1.51. The number of hydrogen-bond acceptors (Lipinski definition) is 2. The molecule has 0 radical (unpaired) electrons. The van der Waals surface area contributed by atoms with Crippen LogP contribution in [0.1, 0.15) is 16.7 Å². The molecule has 0 saturated carbocycles. The van der Waals surface area contributed by atoms with Crippen LogP contribution >= 0.6 is 0 Å². The summed E-state index contributed by atoms with van der Waals surface area (Å²) in [4.78, 5) is 11.0. The highest BCUT2D eigenvalue weighted by atomic mass is 19.4. The Labute approximate surface area is 96.7 Å². The van der Waals surface area contributed by atoms with Crippen LogP contribution in [0.3, 0.4) is 0 Å². The van der Waals surface area contributed by atoms with E-state index in [2.05, 4.69) is 11.3 Å². The highest BCUT2D eigenvalue weighted by Gasteiger charge is 2.35. The number of carbonyl (C=O) groups excluding carboxylic acids is 1. The fraction of sp³-hybridized carbons (Fsp3) is 0.250. The minimum Gasteiger partial charge on any atom is -0.469 e. The predicted molar refractivity (Wildman–Crippen MR) is 57.3 cm³/mol. The summed E-state index contributed by atoms with van der Waals surface area (Å²) in [5.41, 5.74) is -0.985. The molecule has 0 atom stereocenters. The van der Waals surface area contributed by atoms with E-state index in [0.29, 0.717) is 0 Å². The van der Waals surface area contributed by atoms with Crippen LogP contribution in [0.25, 0.3) is 6.08 Å². The van der Waals surface area contributed by atoms with Crippen molar-refractivity contribution in [3.63, 3.8) is 0 Å². The van der Waals surface area contributed by atoms with Crippen LogP contribution in [-0.4, -0.2) is 13.1 Å². The van der Waals surface area contributed by atoms with E-state index in [9.17, 15) is 18.0 Å². The van der Waals surface area contributed by atoms with Crippen LogP contribution in [0.5, 0.6) is 0 Å². The van der Waals surface area contributed by atoms with Crippen molar-refractivity contribution in [1.29, 1.82) is 0 Å². The summed E-state index contributed by atoms with van der Waals surface area (Å²) in [7, 11) is 1.13. The van der Waals surface area contributed by atoms with Crippen molar-refractivity contribution in [2.45, 2.75) is 12.6 Å². The van der Waals surface area contributed by atoms with Crippen LogP contribution < -0.4 is 0 Å². The minimum atomic E-state index is -4.52. The van der Waals surface area contributed by atoms with E-state index in [-0.39, 0.29) is 11.1 Å². The number of rotatable bonds is 3. The first-order valence-corrected chi connectivity index (χ1v) is 4.78. The molecule has 0 aliphatic rings. The zero-order chi connectivity index (χ0) is 13.1. The van der Waals surface area contributed by atoms with Gasteiger partial charge in [0.1, 0.15) is 0 Å². The Balaban J connectivity index is 3.29. The summed E-state index contributed by atoms with van der Waals surface area (Å²) < 4.78 is 42.9. The monoisotopic (exact) mass is 244 g/mol. The van der Waals surface area contributed by atoms with E-state index < -0.39 is 24.1 Å². The van der Waals surface area contributed by atoms with Crippen LogP contribution in [-0.2, 0) is 22.1 Å². The van der Waals surface area contributed by atoms with Crippen molar-refractivity contribution in [2.24, 2.45) is 0 Å². The summed E-state index contributed by atoms with van der Waals surface area (Å²) in [6.45, 7) is 3.33. The maximum absolute atomic E-state index is 12.9. The van der Waals surface area contributed by atoms with Gasteiger partial charge in [0.05, 0.1) is 19.1 Å². The molecule has 1 rings (SSSR count). The Morgan fingerprint density at radius 3 is 2.59 bits per heavy atom. The second-order valence-electron chi connectivity index (χ2n) is 3.34. The number of esters is 1. The quantitative estimate of drug-likeness (QED) is 0.764. The van der Waals surface area contributed by atoms with Crippen LogP contribution in [0.2, 0.25) is 0 Å². The molecule has 5 heteroatoms. The van der Waals surface area contributed by atoms with Crippen LogP contribution in [0, 0.1) is 0 Å². The molecule has 1 aromatic carbocycles. The number of halogens is 3. The maximum atomic E-state index is 12.9. The first-order valence-electron chi connectivity index (χ1n) is 4.78. The predicted octanol–water partition coefficient (Wildman–Crippen LogP) is 3.06. The van der Waals surface area contributed by atoms with Gasteiger partial charge in [-0.2, -0.15) is 13.2 Å². The number of methoxy groups -OCH3 is 1. The Hall–Kier alpha value is -1.78. The number of benzene rings is 1. The summed E-state index contributed by atoms with van der Waals surface area (Å²) in [5, 5.41) is 0. The van der Waals surface area contributed by atoms with Crippen molar-refractivity contribution in [1.82, 2.24) is 0 Å². The fourth-order valence-corrected chi connectivity index (χ4v) is 1.51. The number of hydrogen-bond donors (Lipinski definition) is 0. The van der Waals surface area contributed by atoms with E-state index >= 15 is 0 Å². The molecule has 0 amide bonds. The van der Waals surface area contributed by atoms with Gasteiger partial charge in [-0.3, -0.25) is 4.79 Å². The van der Waals surface area contributed by atoms with Crippen molar-refractivity contribution in [2.75, 3.05) is 7.11 Å². The van der Waals surface area contributed by atoms with Gasteiger partial charge < -0.3 is 4.74 Å². The van der Waals surface area contributed by atoms with Gasteiger partial charge in [-0.25, -0.2) is 0 Å². The summed E-state index contributed by atoms with van der Waals surface area (Å²) in [6.07, 6.45) is -3.81. The van der Waals surface area contributed by atoms with Crippen molar-refractivity contribution in [3.8, 4) is 0 Å². The van der Waals surface area contributed by atoms with Gasteiger partial charge in [-0.05, 0) is 11.1 Å². The molecular formula is C12H11F3O2. The zero-order valence-electron chi connectivity index (χ0n) is 9.17. The normalized spacial score (nSPS) is 11.1. The zero-order valence-corrected chi connectivity index (χ0v) is 9.17. The third kappa shape index (κ3) is 3.09. The molecule has 0 N–H and O–H groups in total. The van der Waals surface area contributed by atoms with Crippen molar-refractivity contribution in [3.05, 3.63) is 41.5 Å². The van der Waals surface area contributed by atoms with E-state index in [0.717, 1.165) is 13.2 Å². The van der Waals surface area contributed by atoms with Gasteiger partial charge in [0.25, 0.3) is 0 Å². The van der Waals surface area contributed by atoms with Crippen LogP contribution in [0.4, 0.5) is 13.2 Å². The largest absolute Gasteiger partial charge is 0.469 e. The average Bonchev–Trinajstić information content (AvgIpc) is 2.26. The van der Waals surface area contributed by atoms with E-state index in [1.807, 2.05) is 0 Å². The first kappa shape index (κ1) is 13.3. The SMILES string of the molecule is C=Cc1cccc(CC(=O)OC)c1C(F)(F)F. The molecule has 0 unspecified atom stereocenters. The first-order chi connectivity index (χ1) is 7.90. The molecule has 17 heavy (non-hydrogen) atoms. The Kier molecular flexibility index (Phi) is 3.93. The molecule has 0 spiro atoms. The molecule has 0 saturated heterocycles. The average molecular weight is 244 g/mol. The molecule has 92 valence electrons. The number of carbonyl (C=O) groups is 1. The van der Waals surface area contributed by atoms with Gasteiger partial charge >= 0.3 is 12.1 Å². The summed E-state index contributed by atoms with van der Waals surface area (Å²) >= 11 is 0. The molecule has 0 heterocycles. The summed E-state index contributed by atoms with van der Waals surface area (Å²) in [5.74, 6) is -0.711. The molecule has 0 aliphatic heterocycles. The molecule has 2 nitrogen and oxygen atoms in total. The number of ether oxygens (including phenoxy) is 1. The van der Waals surface area contributed by atoms with Crippen LogP contribution in [0.15, 0.2) is 24.8 Å². The molecule has 0 bridgehead atoms. The van der Waals surface area contributed by atoms with Crippen molar-refractivity contribution >= 4 is 12.0 Å². The topological polar surface area (TPSA) is 26.3 Å². The standard InChI is InChI=1S/C12H11F3O2/c1-3-8-5-4-6-9(7-10(16)17-2)11(8)12(13,14)15/h3-6H,1,7H2,2H3. The molecule has 0 aliphatic carbocycles. The second kappa shape index (κ2) is 5.03. The van der Waals surface area contributed by atoms with Gasteiger partial charge in [0.2, 0.25) is 0 Å². The molecule has 1 aromatic rings. The highest BCUT2D eigenvalue weighted by Crippen LogP contribution is 2.35. The molecule has 0 fully saturated rings. The van der Waals surface area contributed by atoms with Gasteiger partial charge in [0, 0.05) is 0 Å². The van der Waals surface area contributed by atoms with Gasteiger partial charge in [-0.1, -0.05) is 30.9 Å². The van der Waals surface area contributed by atoms with E-state index in [4.69, 9.17) is 0 Å². The number of alkyl halides is 3. The summed E-state index contributed by atoms with van der Waals surface area (Å²) in [6, 6.07) is 4.01. The van der Waals surface area contributed by atoms with E-state index in [1.165, 1.54) is 18.2 Å². The van der Waals surface area contributed by atoms with Gasteiger partial charge in [0.15, 0.2) is 0 Å². The second-order valence-corrected chi connectivity index (χ2v) is 3.34. The smallest absolute Gasteiger partial charge is 0.417 e. The highest BCUT2D eigenvalue weighted by molar-refractivity contribution is 5.74. The molecular weight excluding hydrogens is 233 g/mol. The van der Waals surface area contributed by atoms with Crippen molar-refractivity contribution < 1.29 is 22.7 Å². The lowest BCUT2D eigenvalue weighted by Crippen LogP contribution is -2.15. The Morgan fingerprint density at radius 1 is 1.47 bits per heavy atom. The Bertz CT molecular complexity index is 436. The maximum Gasteiger partial charge on any atom is 0.417 e. The van der Waals surface area contributed by atoms with E-state index in [1.54, 1.807) is 0 Å². The third-order valence-electron chi connectivity index (χ3n) is 2.25. The molecule has 0 aromatic heterocycles. The lowest BCUT2D eigenvalue weighted by atomic mass is 9.98. The lowest BCUT2D eigenvalue weighted by molar-refractivity contribution is -0.141. The lowest BCUT2D eigenvalue weighted by Gasteiger charge is -2.15.